The van der Waals surface area contributed by atoms with E-state index in [0.29, 0.717) is 11.7 Å². The van der Waals surface area contributed by atoms with Crippen LogP contribution in [0, 0.1) is 0 Å². The second-order valence-electron chi connectivity index (χ2n) is 5.99. The largest absolute Gasteiger partial charge is 0.497 e. The predicted octanol–water partition coefficient (Wildman–Crippen LogP) is 4.25. The van der Waals surface area contributed by atoms with Crippen LogP contribution in [0.25, 0.3) is 0 Å². The first kappa shape index (κ1) is 18.5. The fraction of sp³-hybridized carbons (Fsp3) is 0.368. The molecule has 0 heterocycles. The van der Waals surface area contributed by atoms with Gasteiger partial charge in [-0.2, -0.15) is 0 Å². The predicted molar refractivity (Wildman–Crippen MR) is 96.9 cm³/mol. The first-order valence-electron chi connectivity index (χ1n) is 8.13. The highest BCUT2D eigenvalue weighted by Gasteiger charge is 2.18. The molecule has 1 N–H and O–H groups in total. The van der Waals surface area contributed by atoms with Gasteiger partial charge in [0.1, 0.15) is 5.75 Å². The molecule has 0 aromatic heterocycles. The summed E-state index contributed by atoms with van der Waals surface area (Å²) in [6.07, 6.45) is 1.08. The number of benzene rings is 2. The number of methoxy groups -OCH3 is 1. The van der Waals surface area contributed by atoms with E-state index < -0.39 is 10.0 Å². The molecule has 2 aromatic rings. The van der Waals surface area contributed by atoms with Crippen molar-refractivity contribution in [3.63, 3.8) is 0 Å². The Morgan fingerprint density at radius 2 is 1.50 bits per heavy atom. The van der Waals surface area contributed by atoms with Crippen molar-refractivity contribution in [3.8, 4) is 5.75 Å². The molecule has 4 nitrogen and oxygen atoms in total. The minimum absolute atomic E-state index is 0.228. The third kappa shape index (κ3) is 4.36. The van der Waals surface area contributed by atoms with Crippen molar-refractivity contribution in [1.29, 1.82) is 0 Å². The monoisotopic (exact) mass is 347 g/mol. The summed E-state index contributed by atoms with van der Waals surface area (Å²) in [5, 5.41) is 0. The summed E-state index contributed by atoms with van der Waals surface area (Å²) in [6.45, 7) is 6.19. The molecule has 0 radical (unpaired) electrons. The first-order chi connectivity index (χ1) is 11.4. The molecule has 0 saturated carbocycles. The summed E-state index contributed by atoms with van der Waals surface area (Å²) in [5.41, 5.74) is 2.21. The maximum Gasteiger partial charge on any atom is 0.241 e. The van der Waals surface area contributed by atoms with Gasteiger partial charge in [-0.1, -0.05) is 38.1 Å². The Hall–Kier alpha value is -1.85. The third-order valence-electron chi connectivity index (χ3n) is 4.32. The highest BCUT2D eigenvalue weighted by Crippen LogP contribution is 2.23. The Morgan fingerprint density at radius 1 is 0.958 bits per heavy atom. The Morgan fingerprint density at radius 3 is 2.00 bits per heavy atom. The summed E-state index contributed by atoms with van der Waals surface area (Å²) in [7, 11) is -2.02. The Balaban J connectivity index is 2.13. The number of rotatable bonds is 7. The molecular weight excluding hydrogens is 322 g/mol. The van der Waals surface area contributed by atoms with Crippen LogP contribution < -0.4 is 9.46 Å². The van der Waals surface area contributed by atoms with Gasteiger partial charge in [0.15, 0.2) is 0 Å². The van der Waals surface area contributed by atoms with Crippen LogP contribution in [0.4, 0.5) is 0 Å². The van der Waals surface area contributed by atoms with E-state index >= 15 is 0 Å². The van der Waals surface area contributed by atoms with Gasteiger partial charge in [0.05, 0.1) is 12.0 Å². The summed E-state index contributed by atoms with van der Waals surface area (Å²) >= 11 is 0. The minimum atomic E-state index is -3.57. The maximum absolute atomic E-state index is 12.5. The van der Waals surface area contributed by atoms with Gasteiger partial charge in [-0.3, -0.25) is 0 Å². The molecule has 5 heteroatoms. The van der Waals surface area contributed by atoms with Crippen molar-refractivity contribution in [2.45, 2.75) is 44.0 Å². The van der Waals surface area contributed by atoms with Gasteiger partial charge in [0.2, 0.25) is 10.0 Å². The molecule has 0 fully saturated rings. The molecule has 2 unspecified atom stereocenters. The summed E-state index contributed by atoms with van der Waals surface area (Å²) in [5.74, 6) is 1.13. The van der Waals surface area contributed by atoms with E-state index in [1.807, 2.05) is 19.1 Å². The SMILES string of the molecule is CCC(C)c1ccc(C(C)NS(=O)(=O)c2ccc(OC)cc2)cc1. The molecule has 0 amide bonds. The summed E-state index contributed by atoms with van der Waals surface area (Å²) in [6, 6.07) is 14.2. The lowest BCUT2D eigenvalue weighted by Crippen LogP contribution is -2.26. The molecule has 0 spiro atoms. The smallest absolute Gasteiger partial charge is 0.241 e. The Kier molecular flexibility index (Phi) is 6.02. The van der Waals surface area contributed by atoms with Crippen LogP contribution in [0.3, 0.4) is 0 Å². The van der Waals surface area contributed by atoms with Crippen molar-refractivity contribution < 1.29 is 13.2 Å². The molecule has 0 aliphatic rings. The number of sulfonamides is 1. The molecule has 2 aromatic carbocycles. The average Bonchev–Trinajstić information content (AvgIpc) is 2.60. The van der Waals surface area contributed by atoms with E-state index in [9.17, 15) is 8.42 Å². The lowest BCUT2D eigenvalue weighted by atomic mass is 9.96. The molecular formula is C19H25NO3S. The number of nitrogens with one attached hydrogen (secondary N) is 1. The lowest BCUT2D eigenvalue weighted by molar-refractivity contribution is 0.414. The zero-order valence-corrected chi connectivity index (χ0v) is 15.4. The molecule has 2 rings (SSSR count). The standard InChI is InChI=1S/C19H25NO3S/c1-5-14(2)16-6-8-17(9-7-16)15(3)20-24(21,22)19-12-10-18(23-4)11-13-19/h6-15,20H,5H2,1-4H3. The highest BCUT2D eigenvalue weighted by atomic mass is 32.2. The van der Waals surface area contributed by atoms with Crippen molar-refractivity contribution in [3.05, 3.63) is 59.7 Å². The summed E-state index contributed by atoms with van der Waals surface area (Å²) in [4.78, 5) is 0.228. The molecule has 130 valence electrons. The number of hydrogen-bond acceptors (Lipinski definition) is 3. The lowest BCUT2D eigenvalue weighted by Gasteiger charge is -2.16. The van der Waals surface area contributed by atoms with Crippen LogP contribution in [0.5, 0.6) is 5.75 Å². The third-order valence-corrected chi connectivity index (χ3v) is 5.88. The topological polar surface area (TPSA) is 55.4 Å². The van der Waals surface area contributed by atoms with Crippen LogP contribution in [0.15, 0.2) is 53.4 Å². The second kappa shape index (κ2) is 7.81. The average molecular weight is 347 g/mol. The Labute approximate surface area is 144 Å². The molecule has 2 atom stereocenters. The van der Waals surface area contributed by atoms with Crippen molar-refractivity contribution in [1.82, 2.24) is 4.72 Å². The van der Waals surface area contributed by atoms with E-state index in [-0.39, 0.29) is 10.9 Å². The molecule has 0 aliphatic carbocycles. The Bertz CT molecular complexity index is 752. The van der Waals surface area contributed by atoms with Crippen LogP contribution in [0.2, 0.25) is 0 Å². The van der Waals surface area contributed by atoms with E-state index in [1.54, 1.807) is 31.4 Å². The number of hydrogen-bond donors (Lipinski definition) is 1. The van der Waals surface area contributed by atoms with Gasteiger partial charge < -0.3 is 4.74 Å². The molecule has 24 heavy (non-hydrogen) atoms. The van der Waals surface area contributed by atoms with Crippen LogP contribution in [-0.4, -0.2) is 15.5 Å². The van der Waals surface area contributed by atoms with Crippen molar-refractivity contribution in [2.24, 2.45) is 0 Å². The van der Waals surface area contributed by atoms with E-state index in [4.69, 9.17) is 4.74 Å². The molecule has 0 bridgehead atoms. The fourth-order valence-corrected chi connectivity index (χ4v) is 3.70. The van der Waals surface area contributed by atoms with Gasteiger partial charge in [-0.15, -0.1) is 0 Å². The van der Waals surface area contributed by atoms with Crippen LogP contribution in [0.1, 0.15) is 50.3 Å². The second-order valence-corrected chi connectivity index (χ2v) is 7.71. The minimum Gasteiger partial charge on any atom is -0.497 e. The summed E-state index contributed by atoms with van der Waals surface area (Å²) < 4.78 is 32.7. The van der Waals surface area contributed by atoms with Gasteiger partial charge in [0, 0.05) is 6.04 Å². The van der Waals surface area contributed by atoms with Crippen LogP contribution >= 0.6 is 0 Å². The quantitative estimate of drug-likeness (QED) is 0.815. The molecule has 0 aliphatic heterocycles. The fourth-order valence-electron chi connectivity index (χ4n) is 2.47. The molecule has 0 saturated heterocycles. The van der Waals surface area contributed by atoms with E-state index in [0.717, 1.165) is 12.0 Å². The van der Waals surface area contributed by atoms with Crippen molar-refractivity contribution in [2.75, 3.05) is 7.11 Å². The normalized spacial score (nSPS) is 14.2. The van der Waals surface area contributed by atoms with Gasteiger partial charge in [-0.05, 0) is 54.7 Å². The van der Waals surface area contributed by atoms with E-state index in [1.165, 1.54) is 5.56 Å². The zero-order chi connectivity index (χ0) is 17.7. The maximum atomic E-state index is 12.5. The van der Waals surface area contributed by atoms with E-state index in [2.05, 4.69) is 30.7 Å². The zero-order valence-electron chi connectivity index (χ0n) is 14.6. The first-order valence-corrected chi connectivity index (χ1v) is 9.62. The van der Waals surface area contributed by atoms with Gasteiger partial charge in [-0.25, -0.2) is 13.1 Å². The van der Waals surface area contributed by atoms with Gasteiger partial charge in [0.25, 0.3) is 0 Å². The highest BCUT2D eigenvalue weighted by molar-refractivity contribution is 7.89. The van der Waals surface area contributed by atoms with Gasteiger partial charge >= 0.3 is 0 Å². The number of ether oxygens (including phenoxy) is 1. The van der Waals surface area contributed by atoms with Crippen molar-refractivity contribution >= 4 is 10.0 Å². The van der Waals surface area contributed by atoms with Crippen LogP contribution in [-0.2, 0) is 10.0 Å².